The molecule has 6 nitrogen and oxygen atoms in total. The highest BCUT2D eigenvalue weighted by molar-refractivity contribution is 7.09. The molecule has 2 aromatic carbocycles. The zero-order valence-corrected chi connectivity index (χ0v) is 17.6. The summed E-state index contributed by atoms with van der Waals surface area (Å²) in [4.78, 5) is 17.6. The van der Waals surface area contributed by atoms with E-state index in [0.29, 0.717) is 0 Å². The number of aromatic nitrogens is 1. The third kappa shape index (κ3) is 4.20. The van der Waals surface area contributed by atoms with E-state index in [1.807, 2.05) is 37.3 Å². The minimum absolute atomic E-state index is 0.258. The second-order valence-electron chi connectivity index (χ2n) is 7.06. The zero-order chi connectivity index (χ0) is 23.1. The fraction of sp³-hybridized carbons (Fsp3) is 0.238. The van der Waals surface area contributed by atoms with Gasteiger partial charge in [0.25, 0.3) is 0 Å². The van der Waals surface area contributed by atoms with Gasteiger partial charge in [-0.15, -0.1) is 11.3 Å². The molecule has 1 aliphatic rings. The number of nitrogens with one attached hydrogen (secondary N) is 1. The molecule has 32 heavy (non-hydrogen) atoms. The van der Waals surface area contributed by atoms with Crippen molar-refractivity contribution >= 4 is 17.4 Å². The molecule has 2 heterocycles. The average molecular weight is 467 g/mol. The number of ether oxygens (including phenoxy) is 2. The molecule has 0 unspecified atom stereocenters. The summed E-state index contributed by atoms with van der Waals surface area (Å²) in [6, 6.07) is 12.0. The first-order chi connectivity index (χ1) is 15.1. The predicted molar refractivity (Wildman–Crippen MR) is 108 cm³/mol. The van der Waals surface area contributed by atoms with Crippen molar-refractivity contribution in [2.24, 2.45) is 4.99 Å². The molecule has 4 rings (SSSR count). The molecule has 1 N–H and O–H groups in total. The second kappa shape index (κ2) is 7.97. The van der Waals surface area contributed by atoms with Gasteiger partial charge in [-0.1, -0.05) is 30.3 Å². The molecule has 0 saturated heterocycles. The summed E-state index contributed by atoms with van der Waals surface area (Å²) >= 11 is 1.19. The van der Waals surface area contributed by atoms with Crippen molar-refractivity contribution in [1.29, 1.82) is 0 Å². The van der Waals surface area contributed by atoms with E-state index in [1.165, 1.54) is 22.0 Å². The van der Waals surface area contributed by atoms with Crippen LogP contribution in [0.2, 0.25) is 0 Å². The van der Waals surface area contributed by atoms with Crippen molar-refractivity contribution in [1.82, 2.24) is 9.88 Å². The third-order valence-corrected chi connectivity index (χ3v) is 5.52. The number of carbonyl (C=O) groups is 1. The number of carbonyl (C=O) groups excluding carboxylic acids is 1. The normalized spacial score (nSPS) is 17.6. The molecule has 0 saturated carbocycles. The molecule has 0 bridgehead atoms. The number of fused-ring (bicyclic) bond motifs is 1. The molecule has 1 atom stereocenters. The SMILES string of the molecule is Cc1cn(-c2ccc3c(c2)OC(F)(F)C(F)(F)O3)/c(=N/C(=O)N[C@H](C)c2ccccc2)s1. The van der Waals surface area contributed by atoms with Crippen LogP contribution in [0.15, 0.2) is 59.7 Å². The monoisotopic (exact) mass is 467 g/mol. The Bertz CT molecular complexity index is 1220. The van der Waals surface area contributed by atoms with Gasteiger partial charge in [0.1, 0.15) is 0 Å². The first-order valence-corrected chi connectivity index (χ1v) is 10.2. The van der Waals surface area contributed by atoms with E-state index in [2.05, 4.69) is 19.8 Å². The molecule has 3 aromatic rings. The van der Waals surface area contributed by atoms with E-state index in [0.717, 1.165) is 22.6 Å². The van der Waals surface area contributed by atoms with Gasteiger partial charge in [-0.2, -0.15) is 22.6 Å². The topological polar surface area (TPSA) is 64.8 Å². The van der Waals surface area contributed by atoms with Crippen LogP contribution in [-0.4, -0.2) is 22.8 Å². The van der Waals surface area contributed by atoms with Gasteiger partial charge < -0.3 is 14.8 Å². The number of hydrogen-bond acceptors (Lipinski definition) is 4. The minimum atomic E-state index is -4.82. The summed E-state index contributed by atoms with van der Waals surface area (Å²) in [6.45, 7) is 3.59. The van der Waals surface area contributed by atoms with Crippen molar-refractivity contribution < 1.29 is 31.8 Å². The smallest absolute Gasteiger partial charge is 0.421 e. The summed E-state index contributed by atoms with van der Waals surface area (Å²) in [6.07, 6.45) is -7.98. The van der Waals surface area contributed by atoms with Crippen molar-refractivity contribution in [2.45, 2.75) is 32.1 Å². The van der Waals surface area contributed by atoms with Crippen LogP contribution in [0.4, 0.5) is 22.4 Å². The number of halogens is 4. The summed E-state index contributed by atoms with van der Waals surface area (Å²) in [5, 5.41) is 2.76. The highest BCUT2D eigenvalue weighted by Gasteiger charge is 2.65. The van der Waals surface area contributed by atoms with Gasteiger partial charge in [0, 0.05) is 17.1 Å². The molecule has 168 valence electrons. The zero-order valence-electron chi connectivity index (χ0n) is 16.8. The number of thiazole rings is 1. The Morgan fingerprint density at radius 1 is 1.06 bits per heavy atom. The van der Waals surface area contributed by atoms with Gasteiger partial charge in [0.2, 0.25) is 0 Å². The summed E-state index contributed by atoms with van der Waals surface area (Å²) in [7, 11) is 0. The molecule has 0 aliphatic carbocycles. The van der Waals surface area contributed by atoms with Crippen molar-refractivity contribution in [3.8, 4) is 17.2 Å². The van der Waals surface area contributed by atoms with Crippen LogP contribution < -0.4 is 19.6 Å². The lowest BCUT2D eigenvalue weighted by Gasteiger charge is -2.31. The van der Waals surface area contributed by atoms with E-state index in [9.17, 15) is 22.4 Å². The molecular formula is C21H17F4N3O3S. The van der Waals surface area contributed by atoms with Crippen LogP contribution in [0.1, 0.15) is 23.4 Å². The van der Waals surface area contributed by atoms with Crippen molar-refractivity contribution in [3.63, 3.8) is 0 Å². The van der Waals surface area contributed by atoms with E-state index in [1.54, 1.807) is 13.1 Å². The van der Waals surface area contributed by atoms with Crippen LogP contribution in [0.3, 0.4) is 0 Å². The Morgan fingerprint density at radius 2 is 1.72 bits per heavy atom. The highest BCUT2D eigenvalue weighted by atomic mass is 32.1. The van der Waals surface area contributed by atoms with Gasteiger partial charge in [-0.05, 0) is 31.5 Å². The van der Waals surface area contributed by atoms with E-state index in [4.69, 9.17) is 0 Å². The summed E-state index contributed by atoms with van der Waals surface area (Å²) < 4.78 is 63.6. The maximum atomic E-state index is 13.5. The lowest BCUT2D eigenvalue weighted by molar-refractivity contribution is -0.391. The number of hydrogen-bond donors (Lipinski definition) is 1. The Kier molecular flexibility index (Phi) is 5.45. The van der Waals surface area contributed by atoms with Gasteiger partial charge in [0.15, 0.2) is 16.3 Å². The summed E-state index contributed by atoms with van der Waals surface area (Å²) in [5.41, 5.74) is 1.18. The van der Waals surface area contributed by atoms with Crippen LogP contribution in [0, 0.1) is 6.92 Å². The maximum Gasteiger partial charge on any atom is 0.507 e. The summed E-state index contributed by atoms with van der Waals surface area (Å²) in [5.74, 6) is -1.08. The number of benzene rings is 2. The van der Waals surface area contributed by atoms with Crippen LogP contribution in [-0.2, 0) is 0 Å². The molecule has 0 spiro atoms. The molecule has 1 aliphatic heterocycles. The van der Waals surface area contributed by atoms with Gasteiger partial charge in [-0.25, -0.2) is 4.79 Å². The van der Waals surface area contributed by atoms with Crippen LogP contribution in [0.25, 0.3) is 5.69 Å². The average Bonchev–Trinajstić information content (AvgIpc) is 3.08. The highest BCUT2D eigenvalue weighted by Crippen LogP contribution is 2.47. The Morgan fingerprint density at radius 3 is 2.41 bits per heavy atom. The van der Waals surface area contributed by atoms with Gasteiger partial charge >= 0.3 is 18.2 Å². The minimum Gasteiger partial charge on any atom is -0.421 e. The molecule has 0 fully saturated rings. The molecule has 11 heteroatoms. The van der Waals surface area contributed by atoms with E-state index >= 15 is 0 Å². The standard InChI is InChI=1S/C21H17F4N3O3S/c1-12-11-28(15-8-9-16-17(10-15)31-21(24,25)20(22,23)30-16)19(32-12)27-18(29)26-13(2)14-6-4-3-5-7-14/h3-11,13H,1-2H3,(H,26,29)/b27-19-/t13-/m1/s1. The quantitative estimate of drug-likeness (QED) is 0.540. The van der Waals surface area contributed by atoms with Crippen LogP contribution >= 0.6 is 11.3 Å². The number of nitrogens with zero attached hydrogens (tertiary/aromatic N) is 2. The predicted octanol–water partition coefficient (Wildman–Crippen LogP) is 5.18. The lowest BCUT2D eigenvalue weighted by Crippen LogP contribution is -2.52. The van der Waals surface area contributed by atoms with Crippen LogP contribution in [0.5, 0.6) is 11.5 Å². The molecule has 2 amide bonds. The molecular weight excluding hydrogens is 450 g/mol. The van der Waals surface area contributed by atoms with E-state index in [-0.39, 0.29) is 16.5 Å². The number of aryl methyl sites for hydroxylation is 1. The maximum absolute atomic E-state index is 13.5. The largest absolute Gasteiger partial charge is 0.507 e. The third-order valence-electron chi connectivity index (χ3n) is 4.63. The van der Waals surface area contributed by atoms with E-state index < -0.39 is 29.7 Å². The number of urea groups is 1. The second-order valence-corrected chi connectivity index (χ2v) is 8.27. The Hall–Kier alpha value is -3.34. The Balaban J connectivity index is 1.64. The van der Waals surface area contributed by atoms with Gasteiger partial charge in [-0.3, -0.25) is 4.57 Å². The first kappa shape index (κ1) is 21.9. The number of rotatable bonds is 3. The fourth-order valence-electron chi connectivity index (χ4n) is 3.05. The molecule has 0 radical (unpaired) electrons. The van der Waals surface area contributed by atoms with Crippen molar-refractivity contribution in [2.75, 3.05) is 0 Å². The number of amides is 2. The Labute approximate surface area is 183 Å². The molecule has 1 aromatic heterocycles. The van der Waals surface area contributed by atoms with Crippen molar-refractivity contribution in [3.05, 3.63) is 70.0 Å². The first-order valence-electron chi connectivity index (χ1n) is 9.43. The lowest BCUT2D eigenvalue weighted by atomic mass is 10.1. The number of alkyl halides is 4. The van der Waals surface area contributed by atoms with Gasteiger partial charge in [0.05, 0.1) is 11.7 Å². The fourth-order valence-corrected chi connectivity index (χ4v) is 3.88.